The van der Waals surface area contributed by atoms with Crippen molar-refractivity contribution in [2.75, 3.05) is 22.4 Å². The average Bonchev–Trinajstić information content (AvgIpc) is 2.48. The Morgan fingerprint density at radius 3 is 2.29 bits per heavy atom. The van der Waals surface area contributed by atoms with Crippen molar-refractivity contribution in [3.63, 3.8) is 0 Å². The molecular weight excluding hydrogens is 324 g/mol. The molecule has 128 valence electrons. The van der Waals surface area contributed by atoms with Crippen LogP contribution in [0.3, 0.4) is 0 Å². The molecule has 24 heavy (non-hydrogen) atoms. The molecule has 0 heterocycles. The molecular formula is C18H22N2O3S. The fourth-order valence-corrected chi connectivity index (χ4v) is 3.27. The van der Waals surface area contributed by atoms with Crippen LogP contribution in [0, 0.1) is 13.8 Å². The summed E-state index contributed by atoms with van der Waals surface area (Å²) in [6.07, 6.45) is 1.22. The number of carbonyl (C=O) groups is 1. The molecule has 0 spiro atoms. The maximum absolute atomic E-state index is 12.1. The maximum atomic E-state index is 12.1. The maximum Gasteiger partial charge on any atom is 0.232 e. The van der Waals surface area contributed by atoms with Crippen LogP contribution in [0.1, 0.15) is 17.5 Å². The monoisotopic (exact) mass is 346 g/mol. The molecule has 0 aromatic heterocycles. The summed E-state index contributed by atoms with van der Waals surface area (Å²) in [5.74, 6) is -0.221. The summed E-state index contributed by atoms with van der Waals surface area (Å²) in [6.45, 7) is 3.97. The smallest absolute Gasteiger partial charge is 0.232 e. The first kappa shape index (κ1) is 18.0. The summed E-state index contributed by atoms with van der Waals surface area (Å²) in [4.78, 5) is 12.1. The predicted molar refractivity (Wildman–Crippen MR) is 97.8 cm³/mol. The Labute approximate surface area is 143 Å². The van der Waals surface area contributed by atoms with Gasteiger partial charge in [0.1, 0.15) is 0 Å². The largest absolute Gasteiger partial charge is 0.326 e. The number of aryl methyl sites for hydroxylation is 2. The second kappa shape index (κ2) is 7.49. The number of hydrogen-bond donors (Lipinski definition) is 1. The summed E-state index contributed by atoms with van der Waals surface area (Å²) < 4.78 is 25.3. The highest BCUT2D eigenvalue weighted by molar-refractivity contribution is 7.92. The van der Waals surface area contributed by atoms with Crippen LogP contribution in [-0.2, 0) is 14.8 Å². The molecule has 6 heteroatoms. The van der Waals surface area contributed by atoms with E-state index in [0.29, 0.717) is 11.4 Å². The van der Waals surface area contributed by atoms with Crippen LogP contribution in [0.25, 0.3) is 0 Å². The van der Waals surface area contributed by atoms with E-state index in [4.69, 9.17) is 0 Å². The first-order chi connectivity index (χ1) is 11.3. The van der Waals surface area contributed by atoms with Crippen LogP contribution in [-0.4, -0.2) is 27.1 Å². The molecule has 1 amide bonds. The van der Waals surface area contributed by atoms with Gasteiger partial charge in [0.25, 0.3) is 0 Å². The van der Waals surface area contributed by atoms with Gasteiger partial charge in [-0.1, -0.05) is 29.8 Å². The summed E-state index contributed by atoms with van der Waals surface area (Å²) in [5, 5.41) is 2.79. The Kier molecular flexibility index (Phi) is 5.62. The molecule has 0 aliphatic carbocycles. The van der Waals surface area contributed by atoms with Crippen LogP contribution in [0.2, 0.25) is 0 Å². The van der Waals surface area contributed by atoms with E-state index in [9.17, 15) is 13.2 Å². The van der Waals surface area contributed by atoms with E-state index in [1.807, 2.05) is 44.2 Å². The van der Waals surface area contributed by atoms with Crippen LogP contribution in [0.4, 0.5) is 11.4 Å². The van der Waals surface area contributed by atoms with Crippen LogP contribution < -0.4 is 9.62 Å². The lowest BCUT2D eigenvalue weighted by molar-refractivity contribution is -0.116. The average molecular weight is 346 g/mol. The minimum absolute atomic E-state index is 0.0783. The zero-order chi connectivity index (χ0) is 17.7. The highest BCUT2D eigenvalue weighted by atomic mass is 32.2. The van der Waals surface area contributed by atoms with E-state index < -0.39 is 10.0 Å². The minimum atomic E-state index is -3.45. The van der Waals surface area contributed by atoms with Crippen molar-refractivity contribution in [2.45, 2.75) is 20.3 Å². The zero-order valence-electron chi connectivity index (χ0n) is 14.1. The van der Waals surface area contributed by atoms with Crippen LogP contribution in [0.5, 0.6) is 0 Å². The van der Waals surface area contributed by atoms with E-state index in [0.717, 1.165) is 17.4 Å². The third-order valence-corrected chi connectivity index (χ3v) is 4.76. The van der Waals surface area contributed by atoms with Gasteiger partial charge in [-0.15, -0.1) is 0 Å². The number of amides is 1. The first-order valence-electron chi connectivity index (χ1n) is 7.66. The Balaban J connectivity index is 2.05. The first-order valence-corrected chi connectivity index (χ1v) is 9.51. The molecule has 0 saturated carbocycles. The van der Waals surface area contributed by atoms with E-state index in [1.165, 1.54) is 4.31 Å². The molecule has 0 radical (unpaired) electrons. The van der Waals surface area contributed by atoms with Crippen LogP contribution >= 0.6 is 0 Å². The molecule has 0 atom stereocenters. The van der Waals surface area contributed by atoms with Crippen molar-refractivity contribution >= 4 is 27.3 Å². The molecule has 0 aliphatic heterocycles. The van der Waals surface area contributed by atoms with Crippen LogP contribution in [0.15, 0.2) is 48.5 Å². The van der Waals surface area contributed by atoms with Gasteiger partial charge in [0, 0.05) is 18.7 Å². The topological polar surface area (TPSA) is 66.5 Å². The van der Waals surface area contributed by atoms with Gasteiger partial charge in [-0.2, -0.15) is 0 Å². The van der Waals surface area contributed by atoms with Gasteiger partial charge in [0.05, 0.1) is 11.9 Å². The number of benzene rings is 2. The molecule has 5 nitrogen and oxygen atoms in total. The molecule has 2 rings (SSSR count). The molecule has 0 aliphatic rings. The summed E-state index contributed by atoms with van der Waals surface area (Å²) in [5.41, 5.74) is 3.36. The second-order valence-electron chi connectivity index (χ2n) is 5.84. The number of carbonyl (C=O) groups excluding carboxylic acids is 1. The van der Waals surface area contributed by atoms with E-state index in [-0.39, 0.29) is 18.9 Å². The normalized spacial score (nSPS) is 11.1. The number of nitrogens with one attached hydrogen (secondary N) is 1. The van der Waals surface area contributed by atoms with E-state index >= 15 is 0 Å². The third-order valence-electron chi connectivity index (χ3n) is 3.57. The molecule has 2 aromatic rings. The third kappa shape index (κ3) is 5.09. The van der Waals surface area contributed by atoms with Crippen molar-refractivity contribution < 1.29 is 13.2 Å². The molecule has 0 fully saturated rings. The SMILES string of the molecule is Cc1ccc(N(CCC(=O)Nc2cccc(C)c2)S(C)(=O)=O)cc1. The highest BCUT2D eigenvalue weighted by Gasteiger charge is 2.18. The Morgan fingerprint density at radius 1 is 1.04 bits per heavy atom. The molecule has 1 N–H and O–H groups in total. The lowest BCUT2D eigenvalue weighted by Crippen LogP contribution is -2.33. The standard InChI is InChI=1S/C18H22N2O3S/c1-14-7-9-17(10-8-14)20(24(3,22)23)12-11-18(21)19-16-6-4-5-15(2)13-16/h4-10,13H,11-12H2,1-3H3,(H,19,21). The summed E-state index contributed by atoms with van der Waals surface area (Å²) in [6, 6.07) is 14.7. The fourth-order valence-electron chi connectivity index (χ4n) is 2.35. The summed E-state index contributed by atoms with van der Waals surface area (Å²) in [7, 11) is -3.45. The number of nitrogens with zero attached hydrogens (tertiary/aromatic N) is 1. The molecule has 2 aromatic carbocycles. The van der Waals surface area contributed by atoms with Crippen molar-refractivity contribution in [1.82, 2.24) is 0 Å². The van der Waals surface area contributed by atoms with Gasteiger partial charge in [0.15, 0.2) is 0 Å². The molecule has 0 unspecified atom stereocenters. The Morgan fingerprint density at radius 2 is 1.71 bits per heavy atom. The number of rotatable bonds is 6. The zero-order valence-corrected chi connectivity index (χ0v) is 14.9. The number of sulfonamides is 1. The number of anilines is 2. The van der Waals surface area contributed by atoms with Gasteiger partial charge in [-0.3, -0.25) is 9.10 Å². The second-order valence-corrected chi connectivity index (χ2v) is 7.75. The Bertz CT molecular complexity index is 814. The fraction of sp³-hybridized carbons (Fsp3) is 0.278. The van der Waals surface area contributed by atoms with Gasteiger partial charge in [-0.05, 0) is 43.7 Å². The van der Waals surface area contributed by atoms with Gasteiger partial charge < -0.3 is 5.32 Å². The van der Waals surface area contributed by atoms with Crippen molar-refractivity contribution in [1.29, 1.82) is 0 Å². The number of hydrogen-bond acceptors (Lipinski definition) is 3. The lowest BCUT2D eigenvalue weighted by atomic mass is 10.2. The molecule has 0 bridgehead atoms. The molecule has 0 saturated heterocycles. The quantitative estimate of drug-likeness (QED) is 0.874. The van der Waals surface area contributed by atoms with Crippen molar-refractivity contribution in [2.24, 2.45) is 0 Å². The highest BCUT2D eigenvalue weighted by Crippen LogP contribution is 2.19. The lowest BCUT2D eigenvalue weighted by Gasteiger charge is -2.22. The van der Waals surface area contributed by atoms with Crippen molar-refractivity contribution in [3.05, 3.63) is 59.7 Å². The van der Waals surface area contributed by atoms with E-state index in [2.05, 4.69) is 5.32 Å². The summed E-state index contributed by atoms with van der Waals surface area (Å²) >= 11 is 0. The van der Waals surface area contributed by atoms with E-state index in [1.54, 1.807) is 18.2 Å². The van der Waals surface area contributed by atoms with Gasteiger partial charge in [-0.25, -0.2) is 8.42 Å². The van der Waals surface area contributed by atoms with Gasteiger partial charge >= 0.3 is 0 Å². The minimum Gasteiger partial charge on any atom is -0.326 e. The predicted octanol–water partition coefficient (Wildman–Crippen LogP) is 3.10. The Hall–Kier alpha value is -2.34. The van der Waals surface area contributed by atoms with Crippen molar-refractivity contribution in [3.8, 4) is 0 Å². The van der Waals surface area contributed by atoms with Gasteiger partial charge in [0.2, 0.25) is 15.9 Å².